The third-order valence-electron chi connectivity index (χ3n) is 5.10. The fraction of sp³-hybridized carbons (Fsp3) is 0.600. The van der Waals surface area contributed by atoms with Crippen molar-refractivity contribution in [2.24, 2.45) is 11.8 Å². The molecule has 1 saturated carbocycles. The summed E-state index contributed by atoms with van der Waals surface area (Å²) in [6, 6.07) is 8.02. The van der Waals surface area contributed by atoms with Crippen LogP contribution in [0.1, 0.15) is 52.0 Å². The van der Waals surface area contributed by atoms with Gasteiger partial charge in [-0.2, -0.15) is 0 Å². The molecule has 1 aromatic rings. The monoisotopic (exact) mass is 328 g/mol. The first-order chi connectivity index (χ1) is 11.4. The van der Waals surface area contributed by atoms with E-state index in [1.807, 2.05) is 23.1 Å². The maximum atomic E-state index is 12.7. The summed E-state index contributed by atoms with van der Waals surface area (Å²) in [5.74, 6) is 0.660. The van der Waals surface area contributed by atoms with E-state index >= 15 is 0 Å². The number of para-hydroxylation sites is 1. The van der Waals surface area contributed by atoms with Gasteiger partial charge in [-0.25, -0.2) is 0 Å². The van der Waals surface area contributed by atoms with Gasteiger partial charge in [0.25, 0.3) is 0 Å². The van der Waals surface area contributed by atoms with Gasteiger partial charge in [-0.15, -0.1) is 0 Å². The van der Waals surface area contributed by atoms with E-state index in [0.29, 0.717) is 19.0 Å². The average Bonchev–Trinajstić information content (AvgIpc) is 3.39. The maximum Gasteiger partial charge on any atom is 0.227 e. The Balaban J connectivity index is 1.59. The zero-order chi connectivity index (χ0) is 17.3. The van der Waals surface area contributed by atoms with Crippen LogP contribution in [-0.4, -0.2) is 29.8 Å². The molecule has 1 aliphatic heterocycles. The highest BCUT2D eigenvalue weighted by atomic mass is 16.2. The molecule has 0 unspecified atom stereocenters. The predicted molar refractivity (Wildman–Crippen MR) is 95.8 cm³/mol. The van der Waals surface area contributed by atoms with Crippen molar-refractivity contribution in [1.82, 2.24) is 4.90 Å². The molecule has 4 nitrogen and oxygen atoms in total. The van der Waals surface area contributed by atoms with Crippen molar-refractivity contribution in [1.29, 1.82) is 0 Å². The molecule has 0 spiro atoms. The first-order valence-electron chi connectivity index (χ1n) is 9.05. The fourth-order valence-electron chi connectivity index (χ4n) is 3.43. The molecule has 0 radical (unpaired) electrons. The minimum Gasteiger partial charge on any atom is -0.342 e. The van der Waals surface area contributed by atoms with Crippen molar-refractivity contribution >= 4 is 17.5 Å². The second kappa shape index (κ2) is 6.58. The summed E-state index contributed by atoms with van der Waals surface area (Å²) in [4.78, 5) is 26.7. The molecule has 0 bridgehead atoms. The Morgan fingerprint density at radius 1 is 1.00 bits per heavy atom. The molecule has 1 aromatic carbocycles. The van der Waals surface area contributed by atoms with E-state index in [9.17, 15) is 9.59 Å². The van der Waals surface area contributed by atoms with Gasteiger partial charge >= 0.3 is 0 Å². The SMILES string of the molecule is CC(C)(C)c1ccccc1NC(=O)C1CCN(C(=O)C2CC2)CC1. The topological polar surface area (TPSA) is 49.4 Å². The molecule has 4 heteroatoms. The van der Waals surface area contributed by atoms with Gasteiger partial charge in [0.1, 0.15) is 0 Å². The Morgan fingerprint density at radius 3 is 2.21 bits per heavy atom. The van der Waals surface area contributed by atoms with Crippen LogP contribution in [0.5, 0.6) is 0 Å². The predicted octanol–water partition coefficient (Wildman–Crippen LogP) is 3.57. The van der Waals surface area contributed by atoms with Crippen LogP contribution in [0.4, 0.5) is 5.69 Å². The highest BCUT2D eigenvalue weighted by molar-refractivity contribution is 5.93. The zero-order valence-corrected chi connectivity index (χ0v) is 15.0. The van der Waals surface area contributed by atoms with E-state index in [1.54, 1.807) is 0 Å². The van der Waals surface area contributed by atoms with Crippen LogP contribution in [0.25, 0.3) is 0 Å². The normalized spacial score (nSPS) is 19.2. The molecule has 24 heavy (non-hydrogen) atoms. The Bertz CT molecular complexity index is 621. The summed E-state index contributed by atoms with van der Waals surface area (Å²) in [7, 11) is 0. The molecule has 2 amide bonds. The summed E-state index contributed by atoms with van der Waals surface area (Å²) in [5.41, 5.74) is 2.05. The number of nitrogens with zero attached hydrogens (tertiary/aromatic N) is 1. The van der Waals surface area contributed by atoms with Crippen LogP contribution in [-0.2, 0) is 15.0 Å². The zero-order valence-electron chi connectivity index (χ0n) is 15.0. The molecule has 1 aliphatic carbocycles. The molecule has 0 atom stereocenters. The number of likely N-dealkylation sites (tertiary alicyclic amines) is 1. The van der Waals surface area contributed by atoms with Gasteiger partial charge in [-0.3, -0.25) is 9.59 Å². The molecular formula is C20H28N2O2. The van der Waals surface area contributed by atoms with Gasteiger partial charge in [0, 0.05) is 30.6 Å². The molecular weight excluding hydrogens is 300 g/mol. The number of carbonyl (C=O) groups excluding carboxylic acids is 2. The van der Waals surface area contributed by atoms with E-state index in [-0.39, 0.29) is 23.2 Å². The van der Waals surface area contributed by atoms with Gasteiger partial charge in [0.2, 0.25) is 11.8 Å². The number of piperidine rings is 1. The Labute approximate surface area is 144 Å². The highest BCUT2D eigenvalue weighted by Crippen LogP contribution is 2.33. The Hall–Kier alpha value is -1.84. The van der Waals surface area contributed by atoms with Crippen molar-refractivity contribution in [3.05, 3.63) is 29.8 Å². The van der Waals surface area contributed by atoms with E-state index in [1.165, 1.54) is 0 Å². The van der Waals surface area contributed by atoms with Crippen LogP contribution in [0, 0.1) is 11.8 Å². The van der Waals surface area contributed by atoms with Crippen molar-refractivity contribution in [3.63, 3.8) is 0 Å². The highest BCUT2D eigenvalue weighted by Gasteiger charge is 2.36. The van der Waals surface area contributed by atoms with E-state index in [0.717, 1.165) is 36.9 Å². The minimum atomic E-state index is -0.01000. The number of hydrogen-bond acceptors (Lipinski definition) is 2. The lowest BCUT2D eigenvalue weighted by atomic mass is 9.85. The van der Waals surface area contributed by atoms with Crippen molar-refractivity contribution in [2.75, 3.05) is 18.4 Å². The average molecular weight is 328 g/mol. The third kappa shape index (κ3) is 3.80. The van der Waals surface area contributed by atoms with Gasteiger partial charge in [-0.1, -0.05) is 39.0 Å². The molecule has 130 valence electrons. The standard InChI is InChI=1S/C20H28N2O2/c1-20(2,3)16-6-4-5-7-17(16)21-18(23)14-10-12-22(13-11-14)19(24)15-8-9-15/h4-7,14-15H,8-13H2,1-3H3,(H,21,23). The Kier molecular flexibility index (Phi) is 4.66. The number of benzene rings is 1. The van der Waals surface area contributed by atoms with Crippen molar-refractivity contribution < 1.29 is 9.59 Å². The lowest BCUT2D eigenvalue weighted by Gasteiger charge is -2.32. The van der Waals surface area contributed by atoms with E-state index in [2.05, 4.69) is 32.2 Å². The lowest BCUT2D eigenvalue weighted by Crippen LogP contribution is -2.42. The summed E-state index contributed by atoms with van der Waals surface area (Å²) in [6.45, 7) is 7.89. The first-order valence-corrected chi connectivity index (χ1v) is 9.05. The molecule has 2 aliphatic rings. The summed E-state index contributed by atoms with van der Waals surface area (Å²) in [6.07, 6.45) is 3.62. The first kappa shape index (κ1) is 17.0. The summed E-state index contributed by atoms with van der Waals surface area (Å²) >= 11 is 0. The second-order valence-corrected chi connectivity index (χ2v) is 8.16. The van der Waals surface area contributed by atoms with Crippen LogP contribution >= 0.6 is 0 Å². The van der Waals surface area contributed by atoms with E-state index in [4.69, 9.17) is 0 Å². The smallest absolute Gasteiger partial charge is 0.227 e. The molecule has 1 N–H and O–H groups in total. The largest absolute Gasteiger partial charge is 0.342 e. The number of nitrogens with one attached hydrogen (secondary N) is 1. The van der Waals surface area contributed by atoms with Crippen LogP contribution < -0.4 is 5.32 Å². The summed E-state index contributed by atoms with van der Waals surface area (Å²) in [5, 5.41) is 3.12. The van der Waals surface area contributed by atoms with Crippen LogP contribution in [0.2, 0.25) is 0 Å². The minimum absolute atomic E-state index is 0.00118. The van der Waals surface area contributed by atoms with Crippen molar-refractivity contribution in [3.8, 4) is 0 Å². The van der Waals surface area contributed by atoms with Crippen LogP contribution in [0.3, 0.4) is 0 Å². The van der Waals surface area contributed by atoms with Crippen LogP contribution in [0.15, 0.2) is 24.3 Å². The lowest BCUT2D eigenvalue weighted by molar-refractivity contribution is -0.135. The van der Waals surface area contributed by atoms with Gasteiger partial charge in [0.05, 0.1) is 0 Å². The van der Waals surface area contributed by atoms with Gasteiger partial charge in [0.15, 0.2) is 0 Å². The number of carbonyl (C=O) groups is 2. The second-order valence-electron chi connectivity index (χ2n) is 8.16. The number of amides is 2. The van der Waals surface area contributed by atoms with E-state index < -0.39 is 0 Å². The maximum absolute atomic E-state index is 12.7. The molecule has 1 saturated heterocycles. The molecule has 0 aromatic heterocycles. The molecule has 2 fully saturated rings. The van der Waals surface area contributed by atoms with Gasteiger partial charge < -0.3 is 10.2 Å². The molecule has 3 rings (SSSR count). The summed E-state index contributed by atoms with van der Waals surface area (Å²) < 4.78 is 0. The van der Waals surface area contributed by atoms with Gasteiger partial charge in [-0.05, 0) is 42.7 Å². The number of hydrogen-bond donors (Lipinski definition) is 1. The molecule has 1 heterocycles. The number of rotatable bonds is 3. The third-order valence-corrected chi connectivity index (χ3v) is 5.10. The Morgan fingerprint density at radius 2 is 1.62 bits per heavy atom. The van der Waals surface area contributed by atoms with Crippen molar-refractivity contribution in [2.45, 2.75) is 51.9 Å². The fourth-order valence-corrected chi connectivity index (χ4v) is 3.43. The number of anilines is 1. The quantitative estimate of drug-likeness (QED) is 0.922.